The number of esters is 1. The first-order valence-corrected chi connectivity index (χ1v) is 11.2. The smallest absolute Gasteiger partial charge is 0.333 e. The Hall–Kier alpha value is -4.78. The maximum atomic E-state index is 10.8. The highest BCUT2D eigenvalue weighted by Gasteiger charge is 2.01. The van der Waals surface area contributed by atoms with Gasteiger partial charge in [0, 0.05) is 40.0 Å². The van der Waals surface area contributed by atoms with Gasteiger partial charge in [0.25, 0.3) is 0 Å². The summed E-state index contributed by atoms with van der Waals surface area (Å²) in [6.45, 7) is 29.3. The molecule has 0 amide bonds. The van der Waals surface area contributed by atoms with Crippen molar-refractivity contribution in [3.05, 3.63) is 72.9 Å². The summed E-state index contributed by atoms with van der Waals surface area (Å²) in [6.07, 6.45) is 0. The lowest BCUT2D eigenvalue weighted by Crippen LogP contribution is -2.20. The minimum absolute atomic E-state index is 0.176. The van der Waals surface area contributed by atoms with Crippen molar-refractivity contribution in [3.63, 3.8) is 0 Å². The van der Waals surface area contributed by atoms with Gasteiger partial charge in [0.15, 0.2) is 0 Å². The van der Waals surface area contributed by atoms with Gasteiger partial charge in [-0.15, -0.1) is 0 Å². The number of ether oxygens (including phenoxy) is 1. The number of rotatable bonds is 9. The molecule has 0 aliphatic carbocycles. The fourth-order valence-electron chi connectivity index (χ4n) is 0.444. The Bertz CT molecular complexity index is 773. The summed E-state index contributed by atoms with van der Waals surface area (Å²) in [6, 6.07) is 0. The van der Waals surface area contributed by atoms with Crippen LogP contribution in [0.5, 0.6) is 0 Å². The lowest BCUT2D eigenvalue weighted by Gasteiger charge is -2.09. The van der Waals surface area contributed by atoms with E-state index in [0.29, 0.717) is 12.2 Å². The van der Waals surface area contributed by atoms with Crippen molar-refractivity contribution in [2.24, 2.45) is 0 Å². The molecule has 41 heavy (non-hydrogen) atoms. The molecule has 0 unspecified atom stereocenters. The Labute approximate surface area is 241 Å². The number of hydrogen-bond acceptors (Lipinski definition) is 8. The van der Waals surface area contributed by atoms with Crippen LogP contribution in [-0.4, -0.2) is 93.5 Å². The molecular formula is C28H45NO12. The highest BCUT2D eigenvalue weighted by atomic mass is 16.5. The van der Waals surface area contributed by atoms with Crippen LogP contribution in [0.2, 0.25) is 0 Å². The van der Waals surface area contributed by atoms with E-state index in [2.05, 4.69) is 39.5 Å². The lowest BCUT2D eigenvalue weighted by molar-refractivity contribution is -0.139. The number of carboxylic acid groups (broad SMARTS) is 5. The number of hydrogen-bond donors (Lipinski definition) is 5. The van der Waals surface area contributed by atoms with Crippen molar-refractivity contribution in [1.29, 1.82) is 0 Å². The van der Waals surface area contributed by atoms with Crippen LogP contribution in [-0.2, 0) is 33.5 Å². The van der Waals surface area contributed by atoms with E-state index in [1.54, 1.807) is 6.92 Å². The quantitative estimate of drug-likeness (QED) is 0.191. The van der Waals surface area contributed by atoms with E-state index >= 15 is 0 Å². The van der Waals surface area contributed by atoms with E-state index in [1.165, 1.54) is 34.6 Å². The average molecular weight is 588 g/mol. The van der Waals surface area contributed by atoms with Crippen molar-refractivity contribution in [2.45, 2.75) is 41.5 Å². The Morgan fingerprint density at radius 2 is 0.659 bits per heavy atom. The highest BCUT2D eigenvalue weighted by molar-refractivity contribution is 5.87. The molecule has 0 aromatic heterocycles. The molecule has 0 aromatic carbocycles. The minimum atomic E-state index is -0.935. The number of aliphatic carboxylic acids is 5. The molecule has 0 aromatic rings. The lowest BCUT2D eigenvalue weighted by atomic mass is 10.4. The van der Waals surface area contributed by atoms with Gasteiger partial charge < -0.3 is 35.2 Å². The molecule has 0 aliphatic rings. The molecule has 0 aliphatic heterocycles. The molecule has 13 nitrogen and oxygen atoms in total. The summed E-state index contributed by atoms with van der Waals surface area (Å²) >= 11 is 0. The van der Waals surface area contributed by atoms with Gasteiger partial charge >= 0.3 is 35.8 Å². The van der Waals surface area contributed by atoms with Gasteiger partial charge in [-0.1, -0.05) is 39.5 Å². The second-order valence-electron chi connectivity index (χ2n) is 8.15. The molecule has 0 radical (unpaired) electrons. The fourth-order valence-corrected chi connectivity index (χ4v) is 0.444. The Morgan fingerprint density at radius 1 is 0.488 bits per heavy atom. The molecule has 0 fully saturated rings. The molecule has 0 saturated carbocycles. The standard InChI is InChI=1S/C8H15NO2.5C4H6O2/c1-7(2)8(10)11-6-5-9(3)4;5*1-3(2)4(5)6/h1,5-6H2,2-4H3;5*1H2,2H3,(H,5,6). The number of likely N-dealkylation sites (N-methyl/N-ethyl adjacent to an activating group) is 1. The molecular weight excluding hydrogens is 542 g/mol. The summed E-state index contributed by atoms with van der Waals surface area (Å²) in [5.74, 6) is -4.99. The third-order valence-electron chi connectivity index (χ3n) is 2.95. The summed E-state index contributed by atoms with van der Waals surface area (Å²) in [7, 11) is 3.85. The first kappa shape index (κ1) is 49.2. The summed E-state index contributed by atoms with van der Waals surface area (Å²) < 4.78 is 4.83. The van der Waals surface area contributed by atoms with E-state index in [1.807, 2.05) is 19.0 Å². The Morgan fingerprint density at radius 3 is 0.756 bits per heavy atom. The summed E-state index contributed by atoms with van der Waals surface area (Å²) in [4.78, 5) is 60.7. The van der Waals surface area contributed by atoms with Crippen LogP contribution >= 0.6 is 0 Å². The van der Waals surface area contributed by atoms with Gasteiger partial charge in [-0.05, 0) is 55.6 Å². The topological polar surface area (TPSA) is 216 Å². The zero-order valence-electron chi connectivity index (χ0n) is 25.2. The van der Waals surface area contributed by atoms with Gasteiger partial charge in [0.1, 0.15) is 6.61 Å². The molecule has 0 rings (SSSR count). The second-order valence-corrected chi connectivity index (χ2v) is 8.15. The SMILES string of the molecule is C=C(C)C(=O)O.C=C(C)C(=O)O.C=C(C)C(=O)O.C=C(C)C(=O)O.C=C(C)C(=O)O.C=C(C)C(=O)OCCN(C)C. The predicted octanol–water partition coefficient (Wildman–Crippen LogP) is 3.90. The molecule has 0 bridgehead atoms. The minimum Gasteiger partial charge on any atom is -0.478 e. The number of carbonyl (C=O) groups excluding carboxylic acids is 1. The number of carboxylic acids is 5. The van der Waals surface area contributed by atoms with Crippen molar-refractivity contribution in [1.82, 2.24) is 4.90 Å². The molecule has 0 heterocycles. The van der Waals surface area contributed by atoms with Gasteiger partial charge in [0.2, 0.25) is 0 Å². The average Bonchev–Trinajstić information content (AvgIpc) is 2.80. The number of nitrogens with zero attached hydrogens (tertiary/aromatic N) is 1. The monoisotopic (exact) mass is 587 g/mol. The van der Waals surface area contributed by atoms with Crippen LogP contribution in [0.15, 0.2) is 72.9 Å². The van der Waals surface area contributed by atoms with Crippen molar-refractivity contribution >= 4 is 35.8 Å². The van der Waals surface area contributed by atoms with Crippen LogP contribution in [0.1, 0.15) is 41.5 Å². The van der Waals surface area contributed by atoms with Gasteiger partial charge in [-0.2, -0.15) is 0 Å². The zero-order valence-corrected chi connectivity index (χ0v) is 25.2. The van der Waals surface area contributed by atoms with Crippen LogP contribution in [0.25, 0.3) is 0 Å². The molecule has 5 N–H and O–H groups in total. The van der Waals surface area contributed by atoms with E-state index in [0.717, 1.165) is 6.54 Å². The third kappa shape index (κ3) is 61.1. The summed E-state index contributed by atoms with van der Waals surface area (Å²) in [5.41, 5.74) is 1.33. The summed E-state index contributed by atoms with van der Waals surface area (Å²) in [5, 5.41) is 39.5. The van der Waals surface area contributed by atoms with Crippen LogP contribution in [0.4, 0.5) is 0 Å². The van der Waals surface area contributed by atoms with Gasteiger partial charge in [0.05, 0.1) is 0 Å². The fraction of sp³-hybridized carbons (Fsp3) is 0.357. The molecule has 0 spiro atoms. The zero-order chi connectivity index (χ0) is 34.6. The van der Waals surface area contributed by atoms with Crippen molar-refractivity contribution in [3.8, 4) is 0 Å². The third-order valence-corrected chi connectivity index (χ3v) is 2.95. The maximum absolute atomic E-state index is 10.8. The highest BCUT2D eigenvalue weighted by Crippen LogP contribution is 1.91. The molecule has 13 heteroatoms. The van der Waals surface area contributed by atoms with Gasteiger partial charge in [-0.3, -0.25) is 0 Å². The molecule has 0 atom stereocenters. The van der Waals surface area contributed by atoms with Crippen LogP contribution in [0, 0.1) is 0 Å². The van der Waals surface area contributed by atoms with E-state index in [-0.39, 0.29) is 33.8 Å². The predicted molar refractivity (Wildman–Crippen MR) is 157 cm³/mol. The molecule has 234 valence electrons. The largest absolute Gasteiger partial charge is 0.478 e. The van der Waals surface area contributed by atoms with E-state index in [9.17, 15) is 28.8 Å². The van der Waals surface area contributed by atoms with E-state index < -0.39 is 29.8 Å². The van der Waals surface area contributed by atoms with E-state index in [4.69, 9.17) is 30.3 Å². The Balaban J connectivity index is -0.0000000917. The van der Waals surface area contributed by atoms with Crippen LogP contribution < -0.4 is 0 Å². The van der Waals surface area contributed by atoms with Gasteiger partial charge in [-0.25, -0.2) is 28.8 Å². The molecule has 0 saturated heterocycles. The first-order valence-electron chi connectivity index (χ1n) is 11.2. The van der Waals surface area contributed by atoms with Crippen molar-refractivity contribution < 1.29 is 59.0 Å². The Kier molecular flexibility index (Phi) is 35.7. The first-order chi connectivity index (χ1) is 18.3. The maximum Gasteiger partial charge on any atom is 0.333 e. The van der Waals surface area contributed by atoms with Crippen molar-refractivity contribution in [2.75, 3.05) is 27.2 Å². The van der Waals surface area contributed by atoms with Crippen LogP contribution in [0.3, 0.4) is 0 Å². The normalized spacial score (nSPS) is 8.12. The second kappa shape index (κ2) is 29.8. The number of carbonyl (C=O) groups is 6.